The van der Waals surface area contributed by atoms with Gasteiger partial charge in [-0.25, -0.2) is 4.58 Å². The fourth-order valence-corrected chi connectivity index (χ4v) is 3.54. The van der Waals surface area contributed by atoms with E-state index < -0.39 is 0 Å². The first kappa shape index (κ1) is 18.3. The summed E-state index contributed by atoms with van der Waals surface area (Å²) in [6.45, 7) is 10.4. The molecule has 0 atom stereocenters. The number of hydrogen-bond donors (Lipinski definition) is 0. The zero-order chi connectivity index (χ0) is 15.6. The summed E-state index contributed by atoms with van der Waals surface area (Å²) in [6, 6.07) is 8.93. The summed E-state index contributed by atoms with van der Waals surface area (Å²) in [5.74, 6) is 0. The summed E-state index contributed by atoms with van der Waals surface area (Å²) < 4.78 is 2.49. The summed E-state index contributed by atoms with van der Waals surface area (Å²) in [7, 11) is 0. The molecule has 1 aromatic carbocycles. The minimum atomic E-state index is 0. The second kappa shape index (κ2) is 7.65. The van der Waals surface area contributed by atoms with E-state index in [0.29, 0.717) is 0 Å². The largest absolute Gasteiger partial charge is 1.00 e. The van der Waals surface area contributed by atoms with Crippen LogP contribution in [-0.4, -0.2) is 34.3 Å². The molecule has 1 aromatic rings. The molecule has 0 aromatic heterocycles. The minimum Gasteiger partial charge on any atom is -1.00 e. The van der Waals surface area contributed by atoms with Crippen molar-refractivity contribution in [1.29, 1.82) is 0 Å². The van der Waals surface area contributed by atoms with Crippen LogP contribution < -0.4 is 17.0 Å². The molecule has 0 aliphatic carbocycles. The molecule has 0 bridgehead atoms. The number of hydrogen-bond acceptors (Lipinski definition) is 1. The monoisotopic (exact) mass is 376 g/mol. The van der Waals surface area contributed by atoms with E-state index in [-0.39, 0.29) is 22.5 Å². The highest BCUT2D eigenvalue weighted by atomic mass is 79.9. The van der Waals surface area contributed by atoms with Crippen molar-refractivity contribution in [3.05, 3.63) is 47.2 Å². The molecule has 0 amide bonds. The van der Waals surface area contributed by atoms with E-state index in [1.165, 1.54) is 49.2 Å². The first-order valence-electron chi connectivity index (χ1n) is 8.66. The maximum Gasteiger partial charge on any atom is 0.168 e. The number of aryl methyl sites for hydroxylation is 1. The number of likely N-dealkylation sites (tertiary alicyclic amines) is 1. The van der Waals surface area contributed by atoms with E-state index >= 15 is 0 Å². The number of allylic oxidation sites excluding steroid dienone is 1. The topological polar surface area (TPSA) is 6.25 Å². The quantitative estimate of drug-likeness (QED) is 0.716. The predicted octanol–water partition coefficient (Wildman–Crippen LogP) is 1.13. The first-order valence-corrected chi connectivity index (χ1v) is 8.66. The molecule has 3 heteroatoms. The second-order valence-corrected chi connectivity index (χ2v) is 7.46. The molecule has 1 fully saturated rings. The Hall–Kier alpha value is -1.09. The van der Waals surface area contributed by atoms with Gasteiger partial charge in [0.2, 0.25) is 0 Å². The molecule has 2 aliphatic heterocycles. The third-order valence-corrected chi connectivity index (χ3v) is 5.07. The van der Waals surface area contributed by atoms with Gasteiger partial charge in [0, 0.05) is 44.3 Å². The van der Waals surface area contributed by atoms with Crippen molar-refractivity contribution in [3.8, 4) is 0 Å². The van der Waals surface area contributed by atoms with Gasteiger partial charge in [-0.05, 0) is 26.2 Å². The lowest BCUT2D eigenvalue weighted by Gasteiger charge is -2.36. The van der Waals surface area contributed by atoms with Crippen molar-refractivity contribution < 1.29 is 21.6 Å². The summed E-state index contributed by atoms with van der Waals surface area (Å²) in [6.07, 6.45) is 9.92. The van der Waals surface area contributed by atoms with Gasteiger partial charge in [-0.2, -0.15) is 0 Å². The average molecular weight is 377 g/mol. The standard InChI is InChI=1S/C20H29N2.BrH/c1-17-7-9-18(10-8-17)16-22-14-11-19(15-20(22,2)3)21-12-5-4-6-13-21;/h7-11,14H,4-6,12-13,15-16H2,1-3H3;1H/q+1;/p-1. The Bertz CT molecular complexity index is 578. The van der Waals surface area contributed by atoms with E-state index in [0.717, 1.165) is 13.0 Å². The smallest absolute Gasteiger partial charge is 0.168 e. The van der Waals surface area contributed by atoms with Gasteiger partial charge < -0.3 is 21.9 Å². The molecule has 0 saturated carbocycles. The van der Waals surface area contributed by atoms with Gasteiger partial charge in [-0.15, -0.1) is 0 Å². The lowest BCUT2D eigenvalue weighted by Crippen LogP contribution is -3.00. The maximum atomic E-state index is 2.60. The van der Waals surface area contributed by atoms with Gasteiger partial charge in [0.1, 0.15) is 0 Å². The van der Waals surface area contributed by atoms with Crippen LogP contribution in [0.2, 0.25) is 0 Å². The van der Waals surface area contributed by atoms with Crippen molar-refractivity contribution in [2.75, 3.05) is 13.1 Å². The van der Waals surface area contributed by atoms with Crippen LogP contribution >= 0.6 is 0 Å². The van der Waals surface area contributed by atoms with Crippen LogP contribution in [0.3, 0.4) is 0 Å². The first-order chi connectivity index (χ1) is 10.5. The molecular formula is C20H29BrN2. The Kier molecular flexibility index (Phi) is 6.07. The highest BCUT2D eigenvalue weighted by Gasteiger charge is 2.35. The fourth-order valence-electron chi connectivity index (χ4n) is 3.54. The number of piperidine rings is 1. The lowest BCUT2D eigenvalue weighted by atomic mass is 9.92. The van der Waals surface area contributed by atoms with E-state index in [9.17, 15) is 0 Å². The number of nitrogens with zero attached hydrogens (tertiary/aromatic N) is 2. The van der Waals surface area contributed by atoms with Gasteiger partial charge in [-0.1, -0.05) is 29.8 Å². The Morgan fingerprint density at radius 3 is 2.30 bits per heavy atom. The SMILES string of the molecule is Cc1ccc(C[N+]2=CC=C(N3CCCCC3)CC2(C)C)cc1.[Br-]. The zero-order valence-corrected chi connectivity index (χ0v) is 16.3. The fraction of sp³-hybridized carbons (Fsp3) is 0.550. The van der Waals surface area contributed by atoms with Gasteiger partial charge in [0.15, 0.2) is 18.3 Å². The van der Waals surface area contributed by atoms with Crippen LogP contribution in [0.1, 0.15) is 50.7 Å². The van der Waals surface area contributed by atoms with Crippen molar-refractivity contribution in [3.63, 3.8) is 0 Å². The highest BCUT2D eigenvalue weighted by molar-refractivity contribution is 5.68. The maximum absolute atomic E-state index is 2.60. The van der Waals surface area contributed by atoms with Crippen molar-refractivity contribution in [2.24, 2.45) is 0 Å². The predicted molar refractivity (Wildman–Crippen MR) is 93.4 cm³/mol. The third-order valence-electron chi connectivity index (χ3n) is 5.07. The van der Waals surface area contributed by atoms with Crippen LogP contribution in [0.25, 0.3) is 0 Å². The Morgan fingerprint density at radius 1 is 1.04 bits per heavy atom. The van der Waals surface area contributed by atoms with Crippen LogP contribution in [-0.2, 0) is 6.54 Å². The van der Waals surface area contributed by atoms with Crippen LogP contribution in [0, 0.1) is 6.92 Å². The lowest BCUT2D eigenvalue weighted by molar-refractivity contribution is -0.612. The van der Waals surface area contributed by atoms with Gasteiger partial charge in [0.05, 0.1) is 6.42 Å². The molecule has 2 nitrogen and oxygen atoms in total. The molecular weight excluding hydrogens is 348 g/mol. The van der Waals surface area contributed by atoms with Gasteiger partial charge >= 0.3 is 0 Å². The van der Waals surface area contributed by atoms with E-state index in [1.54, 1.807) is 0 Å². The minimum absolute atomic E-state index is 0. The second-order valence-electron chi connectivity index (χ2n) is 7.46. The zero-order valence-electron chi connectivity index (χ0n) is 14.7. The molecule has 2 heterocycles. The number of halogens is 1. The molecule has 1 saturated heterocycles. The molecule has 2 aliphatic rings. The summed E-state index contributed by atoms with van der Waals surface area (Å²) >= 11 is 0. The molecule has 3 rings (SSSR count). The molecule has 23 heavy (non-hydrogen) atoms. The number of benzene rings is 1. The Labute approximate surface area is 151 Å². The highest BCUT2D eigenvalue weighted by Crippen LogP contribution is 2.28. The van der Waals surface area contributed by atoms with Gasteiger partial charge in [-0.3, -0.25) is 0 Å². The van der Waals surface area contributed by atoms with Crippen molar-refractivity contribution >= 4 is 6.21 Å². The Balaban J connectivity index is 0.00000192. The van der Waals surface area contributed by atoms with Crippen molar-refractivity contribution in [1.82, 2.24) is 4.90 Å². The van der Waals surface area contributed by atoms with Crippen LogP contribution in [0.15, 0.2) is 36.0 Å². The normalized spacial score (nSPS) is 20.4. The van der Waals surface area contributed by atoms with Crippen molar-refractivity contribution in [2.45, 2.75) is 58.5 Å². The summed E-state index contributed by atoms with van der Waals surface area (Å²) in [5, 5.41) is 0. The molecule has 0 N–H and O–H groups in total. The summed E-state index contributed by atoms with van der Waals surface area (Å²) in [4.78, 5) is 2.60. The molecule has 0 spiro atoms. The Morgan fingerprint density at radius 2 is 1.70 bits per heavy atom. The molecule has 0 unspecified atom stereocenters. The molecule has 126 valence electrons. The van der Waals surface area contributed by atoms with E-state index in [4.69, 9.17) is 0 Å². The van der Waals surface area contributed by atoms with E-state index in [2.05, 4.69) is 66.8 Å². The van der Waals surface area contributed by atoms with Gasteiger partial charge in [0.25, 0.3) is 0 Å². The third kappa shape index (κ3) is 4.47. The molecule has 0 radical (unpaired) electrons. The van der Waals surface area contributed by atoms with Crippen LogP contribution in [0.4, 0.5) is 0 Å². The summed E-state index contributed by atoms with van der Waals surface area (Å²) in [5.41, 5.74) is 4.44. The average Bonchev–Trinajstić information content (AvgIpc) is 2.52. The number of rotatable bonds is 3. The van der Waals surface area contributed by atoms with Crippen LogP contribution in [0.5, 0.6) is 0 Å². The van der Waals surface area contributed by atoms with E-state index in [1.807, 2.05) is 0 Å².